The third-order valence-corrected chi connectivity index (χ3v) is 5.02. The molecule has 21 heavy (non-hydrogen) atoms. The Morgan fingerprint density at radius 1 is 1.29 bits per heavy atom. The highest BCUT2D eigenvalue weighted by Gasteiger charge is 2.39. The van der Waals surface area contributed by atoms with Gasteiger partial charge in [0.25, 0.3) is 0 Å². The van der Waals surface area contributed by atoms with E-state index in [9.17, 15) is 13.2 Å². The summed E-state index contributed by atoms with van der Waals surface area (Å²) >= 11 is 2.72. The fourth-order valence-corrected chi connectivity index (χ4v) is 3.93. The van der Waals surface area contributed by atoms with Crippen LogP contribution in [0.2, 0.25) is 0 Å². The lowest BCUT2D eigenvalue weighted by Gasteiger charge is -2.28. The number of nitrogens with zero attached hydrogens (tertiary/aromatic N) is 5. The maximum absolute atomic E-state index is 12.8. The summed E-state index contributed by atoms with van der Waals surface area (Å²) in [6.45, 7) is 0.879. The second-order valence-electron chi connectivity index (χ2n) is 4.42. The van der Waals surface area contributed by atoms with Gasteiger partial charge < -0.3 is 15.2 Å². The number of alkyl halides is 3. The van der Waals surface area contributed by atoms with Gasteiger partial charge in [0, 0.05) is 13.1 Å². The van der Waals surface area contributed by atoms with Crippen LogP contribution in [0.25, 0.3) is 0 Å². The Hall–Kier alpha value is -1.49. The van der Waals surface area contributed by atoms with E-state index in [1.54, 1.807) is 0 Å². The van der Waals surface area contributed by atoms with E-state index < -0.39 is 12.0 Å². The number of hydrogen-bond acceptors (Lipinski definition) is 7. The van der Waals surface area contributed by atoms with Crippen LogP contribution in [-0.2, 0) is 19.3 Å². The average molecular weight is 336 g/mol. The number of nitrogens with two attached hydrogens (primary N) is 1. The summed E-state index contributed by atoms with van der Waals surface area (Å²) < 4.78 is 43.6. The predicted octanol–water partition coefficient (Wildman–Crippen LogP) is 2.08. The first-order valence-electron chi connectivity index (χ1n) is 5.95. The Bertz CT molecular complexity index is 664. The minimum Gasteiger partial charge on any atom is -0.382 e. The molecule has 0 aliphatic carbocycles. The van der Waals surface area contributed by atoms with E-state index in [4.69, 9.17) is 5.73 Å². The van der Waals surface area contributed by atoms with Crippen molar-refractivity contribution in [3.05, 3.63) is 11.6 Å². The molecule has 114 valence electrons. The minimum atomic E-state index is -4.48. The van der Waals surface area contributed by atoms with Crippen LogP contribution in [0.1, 0.15) is 11.6 Å². The molecule has 0 spiro atoms. The van der Waals surface area contributed by atoms with Crippen molar-refractivity contribution in [2.24, 2.45) is 0 Å². The summed E-state index contributed by atoms with van der Waals surface area (Å²) in [4.78, 5) is 2.79. The van der Waals surface area contributed by atoms with Crippen LogP contribution in [0.15, 0.2) is 4.90 Å². The fourth-order valence-electron chi connectivity index (χ4n) is 2.22. The maximum Gasteiger partial charge on any atom is 0.451 e. The summed E-state index contributed by atoms with van der Waals surface area (Å²) in [5.74, 6) is -0.191. The molecule has 3 rings (SSSR count). The van der Waals surface area contributed by atoms with Crippen LogP contribution < -0.4 is 10.6 Å². The molecule has 0 bridgehead atoms. The Labute approximate surface area is 126 Å². The van der Waals surface area contributed by atoms with E-state index in [1.807, 2.05) is 11.2 Å². The maximum atomic E-state index is 12.8. The van der Waals surface area contributed by atoms with Crippen molar-refractivity contribution < 1.29 is 13.2 Å². The van der Waals surface area contributed by atoms with Gasteiger partial charge in [0.05, 0.1) is 11.4 Å². The Kier molecular flexibility index (Phi) is 3.48. The van der Waals surface area contributed by atoms with Crippen molar-refractivity contribution in [1.29, 1.82) is 0 Å². The molecule has 0 saturated carbocycles. The van der Waals surface area contributed by atoms with Crippen molar-refractivity contribution in [1.82, 2.24) is 19.1 Å². The zero-order chi connectivity index (χ0) is 15.2. The van der Waals surface area contributed by atoms with E-state index in [0.717, 1.165) is 14.5 Å². The molecule has 0 amide bonds. The van der Waals surface area contributed by atoms with Crippen molar-refractivity contribution in [3.8, 4) is 0 Å². The summed E-state index contributed by atoms with van der Waals surface area (Å²) in [6.07, 6.45) is -2.59. The SMILES string of the molecule is CSc1c(N)nsc1N1CCn2c(nnc2C(F)(F)F)C1. The Morgan fingerprint density at radius 3 is 2.71 bits per heavy atom. The van der Waals surface area contributed by atoms with Gasteiger partial charge in [-0.1, -0.05) is 0 Å². The largest absolute Gasteiger partial charge is 0.451 e. The molecule has 2 aromatic heterocycles. The first-order chi connectivity index (χ1) is 9.91. The summed E-state index contributed by atoms with van der Waals surface area (Å²) in [7, 11) is 0. The molecule has 0 unspecified atom stereocenters. The number of anilines is 2. The quantitative estimate of drug-likeness (QED) is 0.847. The van der Waals surface area contributed by atoms with Crippen LogP contribution in [0, 0.1) is 0 Å². The van der Waals surface area contributed by atoms with E-state index in [-0.39, 0.29) is 13.1 Å². The number of fused-ring (bicyclic) bond motifs is 1. The third kappa shape index (κ3) is 2.44. The van der Waals surface area contributed by atoms with Gasteiger partial charge in [0.2, 0.25) is 5.82 Å². The highest BCUT2D eigenvalue weighted by Crippen LogP contribution is 2.39. The molecule has 1 aliphatic heterocycles. The van der Waals surface area contributed by atoms with E-state index >= 15 is 0 Å². The van der Waals surface area contributed by atoms with Gasteiger partial charge in [0.1, 0.15) is 5.00 Å². The zero-order valence-corrected chi connectivity index (χ0v) is 12.5. The van der Waals surface area contributed by atoms with Gasteiger partial charge in [-0.3, -0.25) is 0 Å². The molecule has 0 radical (unpaired) electrons. The lowest BCUT2D eigenvalue weighted by molar-refractivity contribution is -0.147. The number of thioether (sulfide) groups is 1. The average Bonchev–Trinajstić information content (AvgIpc) is 3.00. The van der Waals surface area contributed by atoms with Crippen molar-refractivity contribution in [3.63, 3.8) is 0 Å². The van der Waals surface area contributed by atoms with Crippen LogP contribution >= 0.6 is 23.3 Å². The standard InChI is InChI=1S/C10H11F3N6S2/c1-20-6-7(14)17-21-8(6)18-2-3-19-5(4-18)15-16-9(19)10(11,12)13/h2-4H2,1H3,(H2,14,17). The first-order valence-corrected chi connectivity index (χ1v) is 7.95. The van der Waals surface area contributed by atoms with Gasteiger partial charge in [-0.25, -0.2) is 0 Å². The van der Waals surface area contributed by atoms with Crippen LogP contribution in [0.3, 0.4) is 0 Å². The molecule has 2 aromatic rings. The smallest absolute Gasteiger partial charge is 0.382 e. The molecule has 0 fully saturated rings. The monoisotopic (exact) mass is 336 g/mol. The van der Waals surface area contributed by atoms with Crippen LogP contribution in [-0.4, -0.2) is 31.9 Å². The van der Waals surface area contributed by atoms with Crippen molar-refractivity contribution in [2.45, 2.75) is 24.2 Å². The van der Waals surface area contributed by atoms with Crippen LogP contribution in [0.4, 0.5) is 24.0 Å². The Morgan fingerprint density at radius 2 is 2.05 bits per heavy atom. The molecule has 11 heteroatoms. The van der Waals surface area contributed by atoms with Crippen molar-refractivity contribution in [2.75, 3.05) is 23.4 Å². The number of halogens is 3. The van der Waals surface area contributed by atoms with Gasteiger partial charge in [0.15, 0.2) is 11.6 Å². The van der Waals surface area contributed by atoms with E-state index in [1.165, 1.54) is 23.3 Å². The second kappa shape index (κ2) is 5.05. The molecule has 1 aliphatic rings. The number of aromatic nitrogens is 4. The van der Waals surface area contributed by atoms with Crippen molar-refractivity contribution >= 4 is 34.1 Å². The summed E-state index contributed by atoms with van der Waals surface area (Å²) in [6, 6.07) is 0. The molecule has 0 atom stereocenters. The lowest BCUT2D eigenvalue weighted by Crippen LogP contribution is -2.35. The Balaban J connectivity index is 1.90. The number of hydrogen-bond donors (Lipinski definition) is 1. The molecule has 0 saturated heterocycles. The third-order valence-electron chi connectivity index (χ3n) is 3.16. The summed E-state index contributed by atoms with van der Waals surface area (Å²) in [5, 5.41) is 7.79. The van der Waals surface area contributed by atoms with Crippen LogP contribution in [0.5, 0.6) is 0 Å². The molecule has 3 heterocycles. The second-order valence-corrected chi connectivity index (χ2v) is 5.99. The first kappa shape index (κ1) is 14.4. The van der Waals surface area contributed by atoms with Gasteiger partial charge in [-0.15, -0.1) is 22.0 Å². The molecular formula is C10H11F3N6S2. The molecule has 0 aromatic carbocycles. The zero-order valence-electron chi connectivity index (χ0n) is 10.9. The van der Waals surface area contributed by atoms with E-state index in [2.05, 4.69) is 14.6 Å². The number of nitrogen functional groups attached to an aromatic ring is 1. The van der Waals surface area contributed by atoms with Gasteiger partial charge in [-0.05, 0) is 17.8 Å². The normalized spacial score (nSPS) is 15.3. The highest BCUT2D eigenvalue weighted by atomic mass is 32.2. The summed E-state index contributed by atoms with van der Waals surface area (Å²) in [5.41, 5.74) is 5.78. The topological polar surface area (TPSA) is 72.9 Å². The predicted molar refractivity (Wildman–Crippen MR) is 74.4 cm³/mol. The van der Waals surface area contributed by atoms with E-state index in [0.29, 0.717) is 18.2 Å². The van der Waals surface area contributed by atoms with Gasteiger partial charge in [-0.2, -0.15) is 17.5 Å². The molecular weight excluding hydrogens is 325 g/mol. The van der Waals surface area contributed by atoms with Gasteiger partial charge >= 0.3 is 6.18 Å². The number of rotatable bonds is 2. The fraction of sp³-hybridized carbons (Fsp3) is 0.500. The molecule has 2 N–H and O–H groups in total. The minimum absolute atomic E-state index is 0.183. The lowest BCUT2D eigenvalue weighted by atomic mass is 10.3. The highest BCUT2D eigenvalue weighted by molar-refractivity contribution is 7.99. The molecule has 6 nitrogen and oxygen atoms in total.